The zero-order valence-corrected chi connectivity index (χ0v) is 12.0. The Morgan fingerprint density at radius 2 is 1.90 bits per heavy atom. The van der Waals surface area contributed by atoms with Gasteiger partial charge in [-0.15, -0.1) is 11.3 Å². The van der Waals surface area contributed by atoms with Crippen molar-refractivity contribution < 1.29 is 8.78 Å². The van der Waals surface area contributed by atoms with Crippen LogP contribution in [0, 0.1) is 11.6 Å². The number of hydrogen-bond acceptors (Lipinski definition) is 3. The highest BCUT2D eigenvalue weighted by molar-refractivity contribution is 7.17. The van der Waals surface area contributed by atoms with Crippen LogP contribution in [0.4, 0.5) is 8.78 Å². The van der Waals surface area contributed by atoms with Gasteiger partial charge < -0.3 is 0 Å². The Morgan fingerprint density at radius 3 is 2.71 bits per heavy atom. The number of thiophene rings is 1. The van der Waals surface area contributed by atoms with Crippen molar-refractivity contribution in [2.75, 3.05) is 0 Å². The Bertz CT molecular complexity index is 770. The topological polar surface area (TPSA) is 38.0 Å². The summed E-state index contributed by atoms with van der Waals surface area (Å²) in [6.45, 7) is 0. The van der Waals surface area contributed by atoms with Crippen LogP contribution < -0.4 is 11.3 Å². The molecule has 1 heterocycles. The highest BCUT2D eigenvalue weighted by atomic mass is 32.1. The van der Waals surface area contributed by atoms with Gasteiger partial charge in [0.05, 0.1) is 6.04 Å². The first-order valence-electron chi connectivity index (χ1n) is 6.56. The monoisotopic (exact) mass is 304 g/mol. The molecule has 2 aromatic carbocycles. The molecule has 0 saturated heterocycles. The van der Waals surface area contributed by atoms with Crippen molar-refractivity contribution >= 4 is 21.4 Å². The van der Waals surface area contributed by atoms with E-state index in [1.807, 2.05) is 29.6 Å². The molecule has 0 aliphatic carbocycles. The summed E-state index contributed by atoms with van der Waals surface area (Å²) in [5.74, 6) is 3.99. The number of hydrazine groups is 1. The van der Waals surface area contributed by atoms with E-state index in [0.717, 1.165) is 21.7 Å². The van der Waals surface area contributed by atoms with Gasteiger partial charge in [-0.2, -0.15) is 0 Å². The normalized spacial score (nSPS) is 12.7. The SMILES string of the molecule is NNC(Cc1cccc(F)c1F)c1cccc2ccsc12. The summed E-state index contributed by atoms with van der Waals surface area (Å²) in [7, 11) is 0. The molecule has 1 unspecified atom stereocenters. The van der Waals surface area contributed by atoms with E-state index >= 15 is 0 Å². The number of nitrogens with one attached hydrogen (secondary N) is 1. The lowest BCUT2D eigenvalue weighted by molar-refractivity contribution is 0.482. The maximum Gasteiger partial charge on any atom is 0.162 e. The highest BCUT2D eigenvalue weighted by Crippen LogP contribution is 2.30. The predicted molar refractivity (Wildman–Crippen MR) is 82.0 cm³/mol. The maximum absolute atomic E-state index is 13.8. The van der Waals surface area contributed by atoms with Crippen LogP contribution in [0.2, 0.25) is 0 Å². The van der Waals surface area contributed by atoms with Gasteiger partial charge in [0.1, 0.15) is 0 Å². The summed E-state index contributed by atoms with van der Waals surface area (Å²) in [5, 5.41) is 3.13. The molecular weight excluding hydrogens is 290 g/mol. The van der Waals surface area contributed by atoms with Crippen LogP contribution in [0.5, 0.6) is 0 Å². The lowest BCUT2D eigenvalue weighted by Gasteiger charge is -2.18. The van der Waals surface area contributed by atoms with Crippen LogP contribution in [-0.2, 0) is 6.42 Å². The van der Waals surface area contributed by atoms with E-state index in [9.17, 15) is 8.78 Å². The third kappa shape index (κ3) is 2.68. The van der Waals surface area contributed by atoms with Gasteiger partial charge in [0.25, 0.3) is 0 Å². The molecule has 0 spiro atoms. The minimum Gasteiger partial charge on any atom is -0.271 e. The number of fused-ring (bicyclic) bond motifs is 1. The highest BCUT2D eigenvalue weighted by Gasteiger charge is 2.17. The second-order valence-corrected chi connectivity index (χ2v) is 5.74. The average Bonchev–Trinajstić information content (AvgIpc) is 2.97. The fraction of sp³-hybridized carbons (Fsp3) is 0.125. The van der Waals surface area contributed by atoms with Gasteiger partial charge in [0, 0.05) is 4.70 Å². The van der Waals surface area contributed by atoms with E-state index in [-0.39, 0.29) is 12.5 Å². The summed E-state index contributed by atoms with van der Waals surface area (Å²) in [5.41, 5.74) is 4.02. The molecule has 0 bridgehead atoms. The molecule has 0 saturated carbocycles. The average molecular weight is 304 g/mol. The third-order valence-electron chi connectivity index (χ3n) is 3.54. The molecule has 2 nitrogen and oxygen atoms in total. The molecule has 0 aliphatic rings. The van der Waals surface area contributed by atoms with E-state index < -0.39 is 11.6 Å². The van der Waals surface area contributed by atoms with Crippen LogP contribution in [-0.4, -0.2) is 0 Å². The lowest BCUT2D eigenvalue weighted by Crippen LogP contribution is -2.30. The summed E-state index contributed by atoms with van der Waals surface area (Å²) in [6.07, 6.45) is 0.289. The largest absolute Gasteiger partial charge is 0.271 e. The summed E-state index contributed by atoms with van der Waals surface area (Å²) in [4.78, 5) is 0. The molecule has 3 N–H and O–H groups in total. The second kappa shape index (κ2) is 5.89. The number of nitrogens with two attached hydrogens (primary N) is 1. The maximum atomic E-state index is 13.8. The number of benzene rings is 2. The number of halogens is 2. The standard InChI is InChI=1S/C16H14F2N2S/c17-13-6-2-4-11(15(13)18)9-14(20-19)12-5-1-3-10-7-8-21-16(10)12/h1-8,14,20H,9,19H2. The smallest absolute Gasteiger partial charge is 0.162 e. The van der Waals surface area contributed by atoms with Gasteiger partial charge in [-0.1, -0.05) is 30.3 Å². The second-order valence-electron chi connectivity index (χ2n) is 4.82. The third-order valence-corrected chi connectivity index (χ3v) is 4.52. The van der Waals surface area contributed by atoms with Crippen molar-refractivity contribution in [3.8, 4) is 0 Å². The van der Waals surface area contributed by atoms with E-state index in [4.69, 9.17) is 5.84 Å². The molecule has 0 aliphatic heterocycles. The van der Waals surface area contributed by atoms with Crippen molar-refractivity contribution in [3.05, 3.63) is 70.6 Å². The van der Waals surface area contributed by atoms with E-state index in [1.54, 1.807) is 17.4 Å². The van der Waals surface area contributed by atoms with Crippen molar-refractivity contribution in [1.82, 2.24) is 5.43 Å². The zero-order valence-electron chi connectivity index (χ0n) is 11.1. The van der Waals surface area contributed by atoms with Crippen molar-refractivity contribution in [2.45, 2.75) is 12.5 Å². The molecule has 1 atom stereocenters. The number of rotatable bonds is 4. The van der Waals surface area contributed by atoms with Crippen LogP contribution in [0.15, 0.2) is 47.8 Å². The summed E-state index contributed by atoms with van der Waals surface area (Å²) >= 11 is 1.61. The molecule has 108 valence electrons. The fourth-order valence-corrected chi connectivity index (χ4v) is 3.44. The Balaban J connectivity index is 1.99. The predicted octanol–water partition coefficient (Wildman–Crippen LogP) is 3.93. The molecule has 0 fully saturated rings. The number of hydrogen-bond donors (Lipinski definition) is 2. The van der Waals surface area contributed by atoms with Gasteiger partial charge in [-0.05, 0) is 40.4 Å². The minimum absolute atomic E-state index is 0.274. The Morgan fingerprint density at radius 1 is 1.10 bits per heavy atom. The van der Waals surface area contributed by atoms with Gasteiger partial charge in [0.2, 0.25) is 0 Å². The lowest BCUT2D eigenvalue weighted by atomic mass is 9.98. The molecule has 3 aromatic rings. The van der Waals surface area contributed by atoms with Crippen LogP contribution in [0.25, 0.3) is 10.1 Å². The first kappa shape index (κ1) is 14.1. The van der Waals surface area contributed by atoms with E-state index in [1.165, 1.54) is 6.07 Å². The Hall–Kier alpha value is -1.82. The van der Waals surface area contributed by atoms with Gasteiger partial charge >= 0.3 is 0 Å². The van der Waals surface area contributed by atoms with Crippen LogP contribution in [0.1, 0.15) is 17.2 Å². The van der Waals surface area contributed by atoms with Crippen molar-refractivity contribution in [1.29, 1.82) is 0 Å². The van der Waals surface area contributed by atoms with Gasteiger partial charge in [-0.3, -0.25) is 11.3 Å². The molecule has 21 heavy (non-hydrogen) atoms. The zero-order chi connectivity index (χ0) is 14.8. The molecular formula is C16H14F2N2S. The molecule has 5 heteroatoms. The fourth-order valence-electron chi connectivity index (χ4n) is 2.48. The van der Waals surface area contributed by atoms with E-state index in [2.05, 4.69) is 5.43 Å². The Labute approximate surface area is 125 Å². The van der Waals surface area contributed by atoms with Crippen molar-refractivity contribution in [3.63, 3.8) is 0 Å². The van der Waals surface area contributed by atoms with Crippen molar-refractivity contribution in [2.24, 2.45) is 5.84 Å². The first-order chi connectivity index (χ1) is 10.2. The van der Waals surface area contributed by atoms with E-state index in [0.29, 0.717) is 5.56 Å². The molecule has 0 amide bonds. The summed E-state index contributed by atoms with van der Waals surface area (Å²) in [6, 6.07) is 11.9. The minimum atomic E-state index is -0.836. The quantitative estimate of drug-likeness (QED) is 0.566. The van der Waals surface area contributed by atoms with Crippen LogP contribution in [0.3, 0.4) is 0 Å². The summed E-state index contributed by atoms with van der Waals surface area (Å²) < 4.78 is 28.3. The molecule has 3 rings (SSSR count). The van der Waals surface area contributed by atoms with Gasteiger partial charge in [-0.25, -0.2) is 8.78 Å². The van der Waals surface area contributed by atoms with Crippen LogP contribution >= 0.6 is 11.3 Å². The molecule has 0 radical (unpaired) electrons. The first-order valence-corrected chi connectivity index (χ1v) is 7.44. The Kier molecular flexibility index (Phi) is 3.96. The van der Waals surface area contributed by atoms with Gasteiger partial charge in [0.15, 0.2) is 11.6 Å². The molecule has 1 aromatic heterocycles.